The highest BCUT2D eigenvalue weighted by Gasteiger charge is 2.41. The zero-order valence-electron chi connectivity index (χ0n) is 16.9. The molecule has 3 aliphatic heterocycles. The molecular weight excluding hydrogens is 338 g/mol. The molecule has 3 aliphatic rings. The van der Waals surface area contributed by atoms with Gasteiger partial charge < -0.3 is 14.7 Å². The number of hydrogen-bond acceptors (Lipinski definition) is 3. The van der Waals surface area contributed by atoms with Gasteiger partial charge in [0.15, 0.2) is 0 Å². The first-order chi connectivity index (χ1) is 12.8. The van der Waals surface area contributed by atoms with Gasteiger partial charge in [0, 0.05) is 45.5 Å². The van der Waals surface area contributed by atoms with E-state index in [-0.39, 0.29) is 23.8 Å². The third-order valence-corrected chi connectivity index (χ3v) is 5.65. The topological polar surface area (TPSA) is 43.9 Å². The summed E-state index contributed by atoms with van der Waals surface area (Å²) in [5, 5.41) is 0. The van der Waals surface area contributed by atoms with E-state index in [0.717, 1.165) is 24.1 Å². The number of allylic oxidation sites excluding steroid dienone is 1. The largest absolute Gasteiger partial charge is 0.378 e. The zero-order chi connectivity index (χ0) is 19.6. The van der Waals surface area contributed by atoms with Crippen LogP contribution in [0.1, 0.15) is 32.3 Å². The molecule has 2 bridgehead atoms. The molecule has 5 nitrogen and oxygen atoms in total. The Bertz CT molecular complexity index is 720. The van der Waals surface area contributed by atoms with E-state index in [9.17, 15) is 9.59 Å². The Labute approximate surface area is 162 Å². The fourth-order valence-electron chi connectivity index (χ4n) is 3.96. The van der Waals surface area contributed by atoms with Gasteiger partial charge in [0.05, 0.1) is 12.3 Å². The second kappa shape index (κ2) is 8.15. The number of piperidine rings is 1. The Hall–Kier alpha value is -2.30. The molecule has 3 fully saturated rings. The molecule has 2 amide bonds. The summed E-state index contributed by atoms with van der Waals surface area (Å²) in [6.07, 6.45) is 4.40. The monoisotopic (exact) mass is 369 g/mol. The number of benzene rings is 1. The van der Waals surface area contributed by atoms with E-state index in [1.54, 1.807) is 0 Å². The van der Waals surface area contributed by atoms with E-state index in [2.05, 4.69) is 19.9 Å². The molecule has 0 aromatic heterocycles. The van der Waals surface area contributed by atoms with Gasteiger partial charge in [-0.25, -0.2) is 0 Å². The second-order valence-corrected chi connectivity index (χ2v) is 8.24. The number of fused-ring (bicyclic) bond motifs is 4. The van der Waals surface area contributed by atoms with E-state index in [0.29, 0.717) is 26.1 Å². The maximum absolute atomic E-state index is 12.9. The van der Waals surface area contributed by atoms with Gasteiger partial charge in [-0.3, -0.25) is 9.59 Å². The molecular formula is C22H31N3O2. The Morgan fingerprint density at radius 1 is 1.15 bits per heavy atom. The van der Waals surface area contributed by atoms with Crippen molar-refractivity contribution in [3.8, 4) is 0 Å². The fourth-order valence-corrected chi connectivity index (χ4v) is 3.96. The molecule has 1 aromatic rings. The molecule has 0 spiro atoms. The number of hydrogen-bond donors (Lipinski definition) is 0. The minimum absolute atomic E-state index is 0.0469. The van der Waals surface area contributed by atoms with Crippen LogP contribution in [0.15, 0.2) is 35.9 Å². The van der Waals surface area contributed by atoms with Crippen LogP contribution in [0.3, 0.4) is 0 Å². The molecule has 0 radical (unpaired) electrons. The molecule has 27 heavy (non-hydrogen) atoms. The fraction of sp³-hybridized carbons (Fsp3) is 0.545. The molecule has 5 heteroatoms. The number of rotatable bonds is 5. The van der Waals surface area contributed by atoms with Crippen LogP contribution < -0.4 is 4.90 Å². The Kier molecular flexibility index (Phi) is 5.88. The number of anilines is 1. The Morgan fingerprint density at radius 2 is 1.85 bits per heavy atom. The molecule has 0 saturated carbocycles. The number of carbonyl (C=O) groups excluding carboxylic acids is 2. The summed E-state index contributed by atoms with van der Waals surface area (Å²) < 4.78 is 0. The molecule has 0 aliphatic carbocycles. The summed E-state index contributed by atoms with van der Waals surface area (Å²) in [6.45, 7) is 6.00. The lowest BCUT2D eigenvalue weighted by atomic mass is 9.94. The zero-order valence-corrected chi connectivity index (χ0v) is 16.9. The highest BCUT2D eigenvalue weighted by Crippen LogP contribution is 2.29. The predicted molar refractivity (Wildman–Crippen MR) is 109 cm³/mol. The van der Waals surface area contributed by atoms with Crippen molar-refractivity contribution >= 4 is 17.5 Å². The molecule has 0 N–H and O–H groups in total. The SMILES string of the molecule is CC(C)=CCN1C(=O)[C@@H]2CC[C@H]1CN(C(=O)Cc1ccc(N(C)C)cc1)C2. The molecule has 0 unspecified atom stereocenters. The van der Waals surface area contributed by atoms with Crippen molar-refractivity contribution in [1.29, 1.82) is 0 Å². The highest BCUT2D eigenvalue weighted by molar-refractivity contribution is 5.84. The van der Waals surface area contributed by atoms with Crippen molar-refractivity contribution in [2.75, 3.05) is 38.6 Å². The summed E-state index contributed by atoms with van der Waals surface area (Å²) >= 11 is 0. The lowest BCUT2D eigenvalue weighted by molar-refractivity contribution is -0.139. The minimum Gasteiger partial charge on any atom is -0.378 e. The minimum atomic E-state index is -0.0469. The van der Waals surface area contributed by atoms with E-state index in [1.807, 2.05) is 53.1 Å². The van der Waals surface area contributed by atoms with Gasteiger partial charge >= 0.3 is 0 Å². The standard InChI is InChI=1S/C22H31N3O2/c1-16(2)11-12-25-20-10-7-18(22(25)27)14-24(15-20)21(26)13-17-5-8-19(9-6-17)23(3)4/h5-6,8-9,11,18,20H,7,10,12-15H2,1-4H3/t18-,20+/m1/s1. The third kappa shape index (κ3) is 4.52. The maximum Gasteiger partial charge on any atom is 0.228 e. The first-order valence-electron chi connectivity index (χ1n) is 9.83. The van der Waals surface area contributed by atoms with Crippen LogP contribution in [-0.4, -0.2) is 61.4 Å². The summed E-state index contributed by atoms with van der Waals surface area (Å²) in [5.74, 6) is 0.296. The van der Waals surface area contributed by atoms with E-state index in [4.69, 9.17) is 0 Å². The van der Waals surface area contributed by atoms with Gasteiger partial charge in [0.25, 0.3) is 0 Å². The summed E-state index contributed by atoms with van der Waals surface area (Å²) in [4.78, 5) is 31.7. The van der Waals surface area contributed by atoms with Crippen LogP contribution >= 0.6 is 0 Å². The van der Waals surface area contributed by atoms with Gasteiger partial charge in [0.2, 0.25) is 11.8 Å². The highest BCUT2D eigenvalue weighted by atomic mass is 16.2. The van der Waals surface area contributed by atoms with E-state index in [1.165, 1.54) is 5.57 Å². The van der Waals surface area contributed by atoms with Crippen molar-refractivity contribution in [2.24, 2.45) is 5.92 Å². The molecule has 146 valence electrons. The average molecular weight is 370 g/mol. The van der Waals surface area contributed by atoms with Crippen molar-refractivity contribution in [3.05, 3.63) is 41.5 Å². The van der Waals surface area contributed by atoms with Gasteiger partial charge in [-0.05, 0) is 44.4 Å². The van der Waals surface area contributed by atoms with E-state index < -0.39 is 0 Å². The number of carbonyl (C=O) groups is 2. The molecule has 2 atom stereocenters. The Morgan fingerprint density at radius 3 is 2.48 bits per heavy atom. The average Bonchev–Trinajstić information content (AvgIpc) is 2.91. The van der Waals surface area contributed by atoms with Crippen LogP contribution in [0.4, 0.5) is 5.69 Å². The molecule has 3 saturated heterocycles. The van der Waals surface area contributed by atoms with Gasteiger partial charge in [-0.1, -0.05) is 23.8 Å². The van der Waals surface area contributed by atoms with Crippen LogP contribution in [0.2, 0.25) is 0 Å². The smallest absolute Gasteiger partial charge is 0.228 e. The van der Waals surface area contributed by atoms with Crippen molar-refractivity contribution in [3.63, 3.8) is 0 Å². The second-order valence-electron chi connectivity index (χ2n) is 8.24. The molecule has 1 aromatic carbocycles. The molecule has 4 rings (SSSR count). The van der Waals surface area contributed by atoms with Gasteiger partial charge in [0.1, 0.15) is 0 Å². The first-order valence-corrected chi connectivity index (χ1v) is 9.83. The van der Waals surface area contributed by atoms with Crippen LogP contribution in [-0.2, 0) is 16.0 Å². The van der Waals surface area contributed by atoms with Crippen molar-refractivity contribution in [1.82, 2.24) is 9.80 Å². The quantitative estimate of drug-likeness (QED) is 0.750. The molecule has 3 heterocycles. The van der Waals surface area contributed by atoms with Crippen LogP contribution in [0, 0.1) is 5.92 Å². The summed E-state index contributed by atoms with van der Waals surface area (Å²) in [5.41, 5.74) is 3.37. The summed E-state index contributed by atoms with van der Waals surface area (Å²) in [7, 11) is 4.01. The van der Waals surface area contributed by atoms with Crippen LogP contribution in [0.25, 0.3) is 0 Å². The third-order valence-electron chi connectivity index (χ3n) is 5.65. The van der Waals surface area contributed by atoms with Crippen LogP contribution in [0.5, 0.6) is 0 Å². The van der Waals surface area contributed by atoms with Crippen molar-refractivity contribution < 1.29 is 9.59 Å². The number of nitrogens with zero attached hydrogens (tertiary/aromatic N) is 3. The normalized spacial score (nSPS) is 21.9. The Balaban J connectivity index is 1.68. The van der Waals surface area contributed by atoms with Crippen molar-refractivity contribution in [2.45, 2.75) is 39.2 Å². The number of amides is 2. The van der Waals surface area contributed by atoms with E-state index >= 15 is 0 Å². The maximum atomic E-state index is 12.9. The lowest BCUT2D eigenvalue weighted by Crippen LogP contribution is -2.48. The predicted octanol–water partition coefficient (Wildman–Crippen LogP) is 2.71. The lowest BCUT2D eigenvalue weighted by Gasteiger charge is -2.35. The van der Waals surface area contributed by atoms with Gasteiger partial charge in [-0.2, -0.15) is 0 Å². The summed E-state index contributed by atoms with van der Waals surface area (Å²) in [6, 6.07) is 8.27. The first kappa shape index (κ1) is 19.5. The van der Waals surface area contributed by atoms with Gasteiger partial charge in [-0.15, -0.1) is 0 Å².